The molecule has 1 saturated heterocycles. The fourth-order valence-corrected chi connectivity index (χ4v) is 4.64. The fourth-order valence-electron chi connectivity index (χ4n) is 4.64. The molecule has 0 N–H and O–H groups in total. The number of fused-ring (bicyclic) bond motifs is 1. The van der Waals surface area contributed by atoms with E-state index < -0.39 is 0 Å². The van der Waals surface area contributed by atoms with Crippen molar-refractivity contribution >= 4 is 22.5 Å². The van der Waals surface area contributed by atoms with E-state index in [1.54, 1.807) is 21.3 Å². The van der Waals surface area contributed by atoms with Crippen LogP contribution in [0, 0.1) is 0 Å². The predicted octanol–water partition coefficient (Wildman–Crippen LogP) is 4.89. The van der Waals surface area contributed by atoms with E-state index in [0.29, 0.717) is 35.8 Å². The van der Waals surface area contributed by atoms with E-state index >= 15 is 0 Å². The van der Waals surface area contributed by atoms with Crippen LogP contribution < -0.4 is 19.1 Å². The lowest BCUT2D eigenvalue weighted by atomic mass is 10.0. The number of rotatable bonds is 6. The number of benzene rings is 3. The van der Waals surface area contributed by atoms with E-state index in [1.165, 1.54) is 0 Å². The van der Waals surface area contributed by atoms with E-state index in [2.05, 4.69) is 17.0 Å². The van der Waals surface area contributed by atoms with E-state index in [1.807, 2.05) is 65.6 Å². The molecule has 1 aliphatic heterocycles. The van der Waals surface area contributed by atoms with Crippen molar-refractivity contribution in [2.75, 3.05) is 52.4 Å². The fraction of sp³-hybridized carbons (Fsp3) is 0.241. The lowest BCUT2D eigenvalue weighted by Gasteiger charge is -2.36. The SMILES string of the molecule is COc1ccc(N2CCN(C(=O)c3cc(-c4cc(OC)ccc4OC)nc4ccccc34)CC2)cc1. The van der Waals surface area contributed by atoms with Gasteiger partial charge >= 0.3 is 0 Å². The molecule has 1 aromatic heterocycles. The molecule has 0 radical (unpaired) electrons. The summed E-state index contributed by atoms with van der Waals surface area (Å²) in [5, 5.41) is 0.839. The molecule has 0 spiro atoms. The highest BCUT2D eigenvalue weighted by atomic mass is 16.5. The van der Waals surface area contributed by atoms with Crippen LogP contribution in [-0.4, -0.2) is 63.3 Å². The predicted molar refractivity (Wildman–Crippen MR) is 141 cm³/mol. The zero-order valence-corrected chi connectivity index (χ0v) is 20.7. The minimum Gasteiger partial charge on any atom is -0.497 e. The average Bonchev–Trinajstić information content (AvgIpc) is 2.96. The summed E-state index contributed by atoms with van der Waals surface area (Å²) in [5.74, 6) is 2.21. The van der Waals surface area contributed by atoms with Crippen molar-refractivity contribution in [1.29, 1.82) is 0 Å². The summed E-state index contributed by atoms with van der Waals surface area (Å²) >= 11 is 0. The first kappa shape index (κ1) is 23.5. The number of carbonyl (C=O) groups is 1. The maximum atomic E-state index is 13.8. The Bertz CT molecular complexity index is 1380. The molecule has 0 aliphatic carbocycles. The maximum absolute atomic E-state index is 13.8. The average molecular weight is 484 g/mol. The first-order valence-electron chi connectivity index (χ1n) is 11.9. The Morgan fingerprint density at radius 2 is 1.47 bits per heavy atom. The summed E-state index contributed by atoms with van der Waals surface area (Å²) in [6.45, 7) is 2.80. The zero-order valence-electron chi connectivity index (χ0n) is 20.7. The van der Waals surface area contributed by atoms with E-state index in [-0.39, 0.29) is 5.91 Å². The lowest BCUT2D eigenvalue weighted by Crippen LogP contribution is -2.48. The third-order valence-electron chi connectivity index (χ3n) is 6.63. The van der Waals surface area contributed by atoms with Gasteiger partial charge in [-0.2, -0.15) is 0 Å². The zero-order chi connectivity index (χ0) is 25.1. The Kier molecular flexibility index (Phi) is 6.62. The first-order valence-corrected chi connectivity index (χ1v) is 11.9. The van der Waals surface area contributed by atoms with Crippen molar-refractivity contribution in [3.05, 3.63) is 78.4 Å². The second-order valence-electron chi connectivity index (χ2n) is 8.62. The first-order chi connectivity index (χ1) is 17.6. The van der Waals surface area contributed by atoms with Gasteiger partial charge in [0.2, 0.25) is 0 Å². The van der Waals surface area contributed by atoms with Crippen LogP contribution in [0.25, 0.3) is 22.2 Å². The number of piperazine rings is 1. The number of carbonyl (C=O) groups excluding carboxylic acids is 1. The number of para-hydroxylation sites is 1. The monoisotopic (exact) mass is 483 g/mol. The Hall–Kier alpha value is -4.26. The number of nitrogens with zero attached hydrogens (tertiary/aromatic N) is 3. The molecule has 0 atom stereocenters. The van der Waals surface area contributed by atoms with Crippen molar-refractivity contribution in [3.63, 3.8) is 0 Å². The maximum Gasteiger partial charge on any atom is 0.254 e. The van der Waals surface area contributed by atoms with Gasteiger partial charge in [-0.15, -0.1) is 0 Å². The van der Waals surface area contributed by atoms with Crippen molar-refractivity contribution in [2.45, 2.75) is 0 Å². The molecule has 1 amide bonds. The molecule has 36 heavy (non-hydrogen) atoms. The molecule has 0 saturated carbocycles. The number of hydrogen-bond acceptors (Lipinski definition) is 6. The highest BCUT2D eigenvalue weighted by Gasteiger charge is 2.25. The summed E-state index contributed by atoms with van der Waals surface area (Å²) in [6.07, 6.45) is 0. The number of hydrogen-bond donors (Lipinski definition) is 0. The molecule has 1 aliphatic rings. The minimum absolute atomic E-state index is 0.00564. The lowest BCUT2D eigenvalue weighted by molar-refractivity contribution is 0.0748. The smallest absolute Gasteiger partial charge is 0.254 e. The third-order valence-corrected chi connectivity index (χ3v) is 6.63. The topological polar surface area (TPSA) is 64.1 Å². The molecule has 4 aromatic rings. The van der Waals surface area contributed by atoms with E-state index in [9.17, 15) is 4.79 Å². The van der Waals surface area contributed by atoms with Gasteiger partial charge in [-0.05, 0) is 54.6 Å². The van der Waals surface area contributed by atoms with Crippen LogP contribution in [0.15, 0.2) is 72.8 Å². The molecular weight excluding hydrogens is 454 g/mol. The second kappa shape index (κ2) is 10.2. The number of methoxy groups -OCH3 is 3. The van der Waals surface area contributed by atoms with Gasteiger partial charge in [-0.1, -0.05) is 18.2 Å². The molecule has 184 valence electrons. The van der Waals surface area contributed by atoms with Crippen LogP contribution in [-0.2, 0) is 0 Å². The molecule has 7 nitrogen and oxygen atoms in total. The summed E-state index contributed by atoms with van der Waals surface area (Å²) in [7, 11) is 4.92. The Labute approximate surface area is 210 Å². The van der Waals surface area contributed by atoms with Crippen molar-refractivity contribution < 1.29 is 19.0 Å². The minimum atomic E-state index is 0.00564. The van der Waals surface area contributed by atoms with E-state index in [0.717, 1.165) is 41.0 Å². The second-order valence-corrected chi connectivity index (χ2v) is 8.62. The van der Waals surface area contributed by atoms with Crippen LogP contribution in [0.2, 0.25) is 0 Å². The summed E-state index contributed by atoms with van der Waals surface area (Å²) in [4.78, 5) is 22.9. The van der Waals surface area contributed by atoms with Gasteiger partial charge in [0.15, 0.2) is 0 Å². The van der Waals surface area contributed by atoms with Crippen molar-refractivity contribution in [1.82, 2.24) is 9.88 Å². The Balaban J connectivity index is 1.45. The normalized spacial score (nSPS) is 13.5. The molecule has 7 heteroatoms. The van der Waals surface area contributed by atoms with Crippen LogP contribution in [0.5, 0.6) is 17.2 Å². The number of aromatic nitrogens is 1. The van der Waals surface area contributed by atoms with Crippen LogP contribution in [0.3, 0.4) is 0 Å². The largest absolute Gasteiger partial charge is 0.497 e. The molecule has 0 unspecified atom stereocenters. The Morgan fingerprint density at radius 3 is 2.17 bits per heavy atom. The van der Waals surface area contributed by atoms with Gasteiger partial charge < -0.3 is 24.0 Å². The van der Waals surface area contributed by atoms with Gasteiger partial charge in [-0.25, -0.2) is 4.98 Å². The quantitative estimate of drug-likeness (QED) is 0.389. The summed E-state index contributed by atoms with van der Waals surface area (Å²) in [5.41, 5.74) is 3.98. The molecule has 1 fully saturated rings. The summed E-state index contributed by atoms with van der Waals surface area (Å²) in [6, 6.07) is 23.3. The number of ether oxygens (including phenoxy) is 3. The molecule has 5 rings (SSSR count). The van der Waals surface area contributed by atoms with Crippen LogP contribution in [0.4, 0.5) is 5.69 Å². The highest BCUT2D eigenvalue weighted by Crippen LogP contribution is 2.35. The number of pyridine rings is 1. The van der Waals surface area contributed by atoms with E-state index in [4.69, 9.17) is 19.2 Å². The van der Waals surface area contributed by atoms with Gasteiger partial charge in [0, 0.05) is 42.8 Å². The number of anilines is 1. The molecule has 0 bridgehead atoms. The molecule has 2 heterocycles. The van der Waals surface area contributed by atoms with Crippen LogP contribution in [0.1, 0.15) is 10.4 Å². The van der Waals surface area contributed by atoms with Gasteiger partial charge in [0.25, 0.3) is 5.91 Å². The molecular formula is C29H29N3O4. The Morgan fingerprint density at radius 1 is 0.778 bits per heavy atom. The highest BCUT2D eigenvalue weighted by molar-refractivity contribution is 6.07. The summed E-state index contributed by atoms with van der Waals surface area (Å²) < 4.78 is 16.3. The van der Waals surface area contributed by atoms with Crippen molar-refractivity contribution in [3.8, 4) is 28.5 Å². The third kappa shape index (κ3) is 4.52. The van der Waals surface area contributed by atoms with Gasteiger partial charge in [0.05, 0.1) is 38.1 Å². The standard InChI is InChI=1S/C29H29N3O4/c1-34-21-10-8-20(9-11-21)31-14-16-32(17-15-31)29(33)24-19-27(30-26-7-5-4-6-23(24)26)25-18-22(35-2)12-13-28(25)36-3/h4-13,18-19H,14-17H2,1-3H3. The van der Waals surface area contributed by atoms with Crippen molar-refractivity contribution in [2.24, 2.45) is 0 Å². The molecule has 3 aromatic carbocycles. The number of amides is 1. The van der Waals surface area contributed by atoms with Gasteiger partial charge in [-0.3, -0.25) is 4.79 Å². The van der Waals surface area contributed by atoms with Crippen LogP contribution >= 0.6 is 0 Å². The van der Waals surface area contributed by atoms with Gasteiger partial charge in [0.1, 0.15) is 17.2 Å².